The molecule has 1 unspecified atom stereocenters. The predicted molar refractivity (Wildman–Crippen MR) is 139 cm³/mol. The molecule has 0 radical (unpaired) electrons. The maximum absolute atomic E-state index is 12.2. The van der Waals surface area contributed by atoms with Gasteiger partial charge in [0.05, 0.1) is 0 Å². The van der Waals surface area contributed by atoms with Crippen molar-refractivity contribution in [3.05, 3.63) is 82.7 Å². The van der Waals surface area contributed by atoms with E-state index < -0.39 is 6.04 Å². The summed E-state index contributed by atoms with van der Waals surface area (Å²) in [6.45, 7) is 4.49. The Morgan fingerprint density at radius 1 is 1.11 bits per heavy atom. The zero-order valence-corrected chi connectivity index (χ0v) is 19.9. The molecule has 0 saturated heterocycles. The quantitative estimate of drug-likeness (QED) is 0.365. The first kappa shape index (κ1) is 22.5. The van der Waals surface area contributed by atoms with Gasteiger partial charge in [0, 0.05) is 48.0 Å². The summed E-state index contributed by atoms with van der Waals surface area (Å²) in [4.78, 5) is 21.8. The zero-order valence-electron chi connectivity index (χ0n) is 19.9. The normalized spacial score (nSPS) is 14.9. The number of carbonyl (C=O) groups is 1. The van der Waals surface area contributed by atoms with Crippen molar-refractivity contribution in [3.63, 3.8) is 0 Å². The van der Waals surface area contributed by atoms with Gasteiger partial charge in [-0.25, -0.2) is 0 Å². The van der Waals surface area contributed by atoms with E-state index in [4.69, 9.17) is 5.73 Å². The number of nitrogens with zero attached hydrogens (tertiary/aromatic N) is 4. The Hall–Kier alpha value is -4.30. The highest BCUT2D eigenvalue weighted by Crippen LogP contribution is 2.37. The highest BCUT2D eigenvalue weighted by Gasteiger charge is 2.28. The molecule has 1 aliphatic rings. The lowest BCUT2D eigenvalue weighted by molar-refractivity contribution is -0.107. The van der Waals surface area contributed by atoms with Crippen LogP contribution in [-0.4, -0.2) is 39.5 Å². The zero-order chi connectivity index (χ0) is 24.5. The number of benzene rings is 2. The molecule has 4 aromatic rings. The summed E-state index contributed by atoms with van der Waals surface area (Å²) in [6.07, 6.45) is 4.91. The molecule has 35 heavy (non-hydrogen) atoms. The number of nitrogens with one attached hydrogen (secondary N) is 2. The van der Waals surface area contributed by atoms with Crippen molar-refractivity contribution in [2.24, 2.45) is 5.73 Å². The highest BCUT2D eigenvalue weighted by molar-refractivity contribution is 6.01. The summed E-state index contributed by atoms with van der Waals surface area (Å²) in [7, 11) is 1.94. The summed E-state index contributed by atoms with van der Waals surface area (Å²) < 4.78 is 0. The first-order valence-electron chi connectivity index (χ1n) is 11.4. The van der Waals surface area contributed by atoms with E-state index in [0.29, 0.717) is 18.3 Å². The van der Waals surface area contributed by atoms with Gasteiger partial charge in [0.2, 0.25) is 5.95 Å². The molecule has 4 N–H and O–H groups in total. The lowest BCUT2D eigenvalue weighted by atomic mass is 9.89. The third kappa shape index (κ3) is 4.31. The molecule has 0 saturated carbocycles. The first-order valence-corrected chi connectivity index (χ1v) is 11.4. The van der Waals surface area contributed by atoms with E-state index in [2.05, 4.69) is 31.6 Å². The minimum absolute atomic E-state index is 0.397. The van der Waals surface area contributed by atoms with Crippen LogP contribution in [0.25, 0.3) is 23.0 Å². The Morgan fingerprint density at radius 2 is 1.91 bits per heavy atom. The van der Waals surface area contributed by atoms with Crippen LogP contribution in [0.15, 0.2) is 54.7 Å². The van der Waals surface area contributed by atoms with Crippen LogP contribution < -0.4 is 16.0 Å². The van der Waals surface area contributed by atoms with Gasteiger partial charge < -0.3 is 25.7 Å². The summed E-state index contributed by atoms with van der Waals surface area (Å²) in [6, 6.07) is 15.6. The average Bonchev–Trinajstić information content (AvgIpc) is 3.34. The number of pyridine rings is 1. The molecule has 0 bridgehead atoms. The van der Waals surface area contributed by atoms with E-state index in [1.165, 1.54) is 0 Å². The van der Waals surface area contributed by atoms with Gasteiger partial charge >= 0.3 is 0 Å². The fourth-order valence-electron chi connectivity index (χ4n) is 4.38. The molecule has 8 nitrogen and oxygen atoms in total. The number of hydrogen-bond acceptors (Lipinski definition) is 7. The van der Waals surface area contributed by atoms with Crippen LogP contribution in [0.4, 0.5) is 17.3 Å². The second kappa shape index (κ2) is 9.15. The highest BCUT2D eigenvalue weighted by atomic mass is 16.1. The third-order valence-electron chi connectivity index (χ3n) is 6.37. The van der Waals surface area contributed by atoms with E-state index >= 15 is 0 Å². The second-order valence-electron chi connectivity index (χ2n) is 8.75. The van der Waals surface area contributed by atoms with Gasteiger partial charge in [-0.05, 0) is 60.4 Å². The number of likely N-dealkylation sites (N-methyl/N-ethyl adjacent to an activating group) is 1. The topological polar surface area (TPSA) is 113 Å². The number of rotatable bonds is 6. The average molecular weight is 466 g/mol. The SMILES string of the molecule is Cc1cc2c(cn1)C=C(c1cc(Nc3nnc(-c4ccc(CN)cc4)[nH]3)ccc1C)C(C=O)N2C. The van der Waals surface area contributed by atoms with Crippen molar-refractivity contribution in [1.82, 2.24) is 20.2 Å². The lowest BCUT2D eigenvalue weighted by Crippen LogP contribution is -2.36. The molecule has 8 heteroatoms. The fourth-order valence-corrected chi connectivity index (χ4v) is 4.38. The number of anilines is 3. The van der Waals surface area contributed by atoms with Crippen molar-refractivity contribution in [1.29, 1.82) is 0 Å². The van der Waals surface area contributed by atoms with Gasteiger partial charge in [0.1, 0.15) is 12.3 Å². The van der Waals surface area contributed by atoms with Crippen LogP contribution in [0.5, 0.6) is 0 Å². The molecule has 176 valence electrons. The van der Waals surface area contributed by atoms with E-state index in [1.807, 2.05) is 80.5 Å². The second-order valence-corrected chi connectivity index (χ2v) is 8.75. The smallest absolute Gasteiger partial charge is 0.226 e. The monoisotopic (exact) mass is 465 g/mol. The van der Waals surface area contributed by atoms with Crippen molar-refractivity contribution in [2.45, 2.75) is 26.4 Å². The molecule has 3 heterocycles. The fraction of sp³-hybridized carbons (Fsp3) is 0.185. The number of aldehydes is 1. The predicted octanol–water partition coefficient (Wildman–Crippen LogP) is 4.24. The summed E-state index contributed by atoms with van der Waals surface area (Å²) in [5.41, 5.74) is 14.4. The number of carbonyl (C=O) groups excluding carboxylic acids is 1. The van der Waals surface area contributed by atoms with Crippen molar-refractivity contribution >= 4 is 35.3 Å². The van der Waals surface area contributed by atoms with Crippen LogP contribution in [0, 0.1) is 13.8 Å². The minimum Gasteiger partial charge on any atom is -0.360 e. The summed E-state index contributed by atoms with van der Waals surface area (Å²) in [5, 5.41) is 11.8. The number of aromatic nitrogens is 4. The number of aromatic amines is 1. The Bertz CT molecular complexity index is 1420. The molecule has 0 aliphatic carbocycles. The van der Waals surface area contributed by atoms with Crippen LogP contribution in [-0.2, 0) is 11.3 Å². The number of aryl methyl sites for hydroxylation is 2. The maximum Gasteiger partial charge on any atom is 0.226 e. The Kier molecular flexibility index (Phi) is 5.88. The Morgan fingerprint density at radius 3 is 2.66 bits per heavy atom. The molecule has 1 aliphatic heterocycles. The Labute approximate surface area is 203 Å². The van der Waals surface area contributed by atoms with Crippen LogP contribution in [0.2, 0.25) is 0 Å². The number of hydrogen-bond donors (Lipinski definition) is 3. The van der Waals surface area contributed by atoms with E-state index in [1.54, 1.807) is 0 Å². The molecule has 2 aromatic carbocycles. The van der Waals surface area contributed by atoms with Crippen LogP contribution in [0.3, 0.4) is 0 Å². The van der Waals surface area contributed by atoms with E-state index in [-0.39, 0.29) is 0 Å². The molecule has 0 fully saturated rings. The van der Waals surface area contributed by atoms with Crippen molar-refractivity contribution in [3.8, 4) is 11.4 Å². The van der Waals surface area contributed by atoms with Gasteiger partial charge in [-0.15, -0.1) is 10.2 Å². The number of H-pyrrole nitrogens is 1. The molecule has 0 amide bonds. The molecule has 2 aromatic heterocycles. The maximum atomic E-state index is 12.2. The van der Waals surface area contributed by atoms with E-state index in [9.17, 15) is 4.79 Å². The molecule has 0 spiro atoms. The third-order valence-corrected chi connectivity index (χ3v) is 6.37. The van der Waals surface area contributed by atoms with Crippen LogP contribution >= 0.6 is 0 Å². The van der Waals surface area contributed by atoms with Gasteiger partial charge in [-0.2, -0.15) is 0 Å². The number of fused-ring (bicyclic) bond motifs is 1. The molecule has 5 rings (SSSR count). The van der Waals surface area contributed by atoms with Crippen molar-refractivity contribution in [2.75, 3.05) is 17.3 Å². The number of nitrogens with two attached hydrogens (primary N) is 1. The minimum atomic E-state index is -0.397. The lowest BCUT2D eigenvalue weighted by Gasteiger charge is -2.34. The largest absolute Gasteiger partial charge is 0.360 e. The van der Waals surface area contributed by atoms with Crippen LogP contribution in [0.1, 0.15) is 27.9 Å². The first-order chi connectivity index (χ1) is 17.0. The van der Waals surface area contributed by atoms with Gasteiger partial charge in [0.15, 0.2) is 5.82 Å². The van der Waals surface area contributed by atoms with Gasteiger partial charge in [-0.3, -0.25) is 4.98 Å². The summed E-state index contributed by atoms with van der Waals surface area (Å²) in [5.74, 6) is 1.20. The molecule has 1 atom stereocenters. The Balaban J connectivity index is 1.46. The standard InChI is InChI=1S/C27H27N7O/c1-16-4-9-21(30-27-31-26(32-33-27)19-7-5-18(13-28)6-8-19)12-22(16)23-11-20-14-29-17(2)10-24(20)34(3)25(23)15-35/h4-12,14-15,25H,13,28H2,1-3H3,(H2,30,31,32,33). The van der Waals surface area contributed by atoms with Gasteiger partial charge in [0.25, 0.3) is 0 Å². The van der Waals surface area contributed by atoms with E-state index in [0.717, 1.165) is 56.7 Å². The molecular formula is C27H27N7O. The van der Waals surface area contributed by atoms with Crippen molar-refractivity contribution < 1.29 is 4.79 Å². The molecular weight excluding hydrogens is 438 g/mol. The van der Waals surface area contributed by atoms with Gasteiger partial charge in [-0.1, -0.05) is 30.3 Å². The summed E-state index contributed by atoms with van der Waals surface area (Å²) >= 11 is 0.